The van der Waals surface area contributed by atoms with Crippen LogP contribution in [0, 0.1) is 0 Å². The predicted octanol–water partition coefficient (Wildman–Crippen LogP) is 3.70. The molecule has 0 spiro atoms. The maximum absolute atomic E-state index is 6.31. The number of nitrogens with zero attached hydrogens (tertiary/aromatic N) is 3. The van der Waals surface area contributed by atoms with Crippen LogP contribution >= 0.6 is 11.6 Å². The van der Waals surface area contributed by atoms with E-state index in [1.165, 1.54) is 5.56 Å². The summed E-state index contributed by atoms with van der Waals surface area (Å²) in [5, 5.41) is 7.37. The quantitative estimate of drug-likeness (QED) is 0.405. The van der Waals surface area contributed by atoms with E-state index in [1.807, 2.05) is 36.7 Å². The topological polar surface area (TPSA) is 63.5 Å². The second-order valence-corrected chi connectivity index (χ2v) is 7.24. The Hall–Kier alpha value is -2.99. The highest BCUT2D eigenvalue weighted by Gasteiger charge is 2.06. The van der Waals surface area contributed by atoms with Gasteiger partial charge in [-0.3, -0.25) is 4.99 Å². The molecule has 0 aliphatic carbocycles. The number of guanidine groups is 1. The van der Waals surface area contributed by atoms with Crippen molar-refractivity contribution in [1.29, 1.82) is 0 Å². The van der Waals surface area contributed by atoms with Gasteiger partial charge in [-0.15, -0.1) is 0 Å². The molecular weight excluding hydrogens is 398 g/mol. The van der Waals surface area contributed by atoms with Crippen LogP contribution in [-0.2, 0) is 25.9 Å². The molecule has 2 aromatic carbocycles. The Bertz CT molecular complexity index is 955. The number of nitrogens with one attached hydrogen (secondary N) is 2. The maximum atomic E-state index is 6.31. The fourth-order valence-corrected chi connectivity index (χ4v) is 3.43. The molecule has 30 heavy (non-hydrogen) atoms. The van der Waals surface area contributed by atoms with Crippen molar-refractivity contribution >= 4 is 17.6 Å². The molecule has 0 saturated carbocycles. The van der Waals surface area contributed by atoms with Gasteiger partial charge in [0.25, 0.3) is 0 Å². The van der Waals surface area contributed by atoms with E-state index in [0.717, 1.165) is 42.5 Å². The lowest BCUT2D eigenvalue weighted by Gasteiger charge is -2.13. The number of ether oxygens (including phenoxy) is 1. The van der Waals surface area contributed by atoms with Gasteiger partial charge in [0.05, 0.1) is 13.7 Å². The minimum Gasteiger partial charge on any atom is -0.497 e. The van der Waals surface area contributed by atoms with E-state index in [0.29, 0.717) is 18.1 Å². The van der Waals surface area contributed by atoms with Gasteiger partial charge in [-0.2, -0.15) is 0 Å². The summed E-state index contributed by atoms with van der Waals surface area (Å²) in [5.41, 5.74) is 2.39. The standard InChI is InChI=1S/C23H28ClN5O/c1-25-23(27-12-10-19-8-9-20(30-2)16-21(19)24)28-17-22-26-13-15-29(22)14-11-18-6-4-3-5-7-18/h3-9,13,15-16H,10-12,14,17H2,1-2H3,(H2,25,27,28). The number of hydrogen-bond acceptors (Lipinski definition) is 3. The van der Waals surface area contributed by atoms with Crippen molar-refractivity contribution < 1.29 is 4.74 Å². The van der Waals surface area contributed by atoms with Crippen LogP contribution in [-0.4, -0.2) is 36.2 Å². The predicted molar refractivity (Wildman–Crippen MR) is 122 cm³/mol. The van der Waals surface area contributed by atoms with Crippen LogP contribution in [0.3, 0.4) is 0 Å². The molecule has 1 aromatic heterocycles. The molecule has 0 aliphatic rings. The average molecular weight is 426 g/mol. The third kappa shape index (κ3) is 6.26. The highest BCUT2D eigenvalue weighted by atomic mass is 35.5. The smallest absolute Gasteiger partial charge is 0.191 e. The number of imidazole rings is 1. The number of benzene rings is 2. The van der Waals surface area contributed by atoms with Crippen LogP contribution in [0.15, 0.2) is 65.9 Å². The van der Waals surface area contributed by atoms with Crippen molar-refractivity contribution in [2.24, 2.45) is 4.99 Å². The summed E-state index contributed by atoms with van der Waals surface area (Å²) < 4.78 is 7.36. The number of aliphatic imine (C=N–C) groups is 1. The Kier molecular flexibility index (Phi) is 8.15. The summed E-state index contributed by atoms with van der Waals surface area (Å²) in [4.78, 5) is 8.78. The number of hydrogen-bond donors (Lipinski definition) is 2. The molecule has 2 N–H and O–H groups in total. The summed E-state index contributed by atoms with van der Waals surface area (Å²) in [6.45, 7) is 2.21. The Morgan fingerprint density at radius 1 is 1.13 bits per heavy atom. The summed E-state index contributed by atoms with van der Waals surface area (Å²) in [7, 11) is 3.40. The van der Waals surface area contributed by atoms with Gasteiger partial charge < -0.3 is 19.9 Å². The van der Waals surface area contributed by atoms with E-state index in [1.54, 1.807) is 14.2 Å². The maximum Gasteiger partial charge on any atom is 0.191 e. The summed E-state index contributed by atoms with van der Waals surface area (Å²) >= 11 is 6.31. The number of aromatic nitrogens is 2. The van der Waals surface area contributed by atoms with Crippen LogP contribution in [0.5, 0.6) is 5.75 Å². The zero-order valence-corrected chi connectivity index (χ0v) is 18.2. The number of halogens is 1. The van der Waals surface area contributed by atoms with Crippen LogP contribution in [0.2, 0.25) is 5.02 Å². The first-order valence-electron chi connectivity index (χ1n) is 10.0. The van der Waals surface area contributed by atoms with Crippen molar-refractivity contribution in [3.8, 4) is 5.75 Å². The molecule has 0 unspecified atom stereocenters. The molecule has 158 valence electrons. The third-order valence-electron chi connectivity index (χ3n) is 4.87. The van der Waals surface area contributed by atoms with Crippen LogP contribution in [0.4, 0.5) is 0 Å². The molecule has 3 rings (SSSR count). The number of aryl methyl sites for hydroxylation is 2. The molecule has 0 aliphatic heterocycles. The van der Waals surface area contributed by atoms with Crippen molar-refractivity contribution in [1.82, 2.24) is 20.2 Å². The van der Waals surface area contributed by atoms with E-state index in [2.05, 4.69) is 49.4 Å². The molecule has 3 aromatic rings. The van der Waals surface area contributed by atoms with Gasteiger partial charge in [-0.05, 0) is 36.1 Å². The normalized spacial score (nSPS) is 11.4. The van der Waals surface area contributed by atoms with Crippen LogP contribution in [0.25, 0.3) is 0 Å². The Balaban J connectivity index is 1.46. The van der Waals surface area contributed by atoms with Gasteiger partial charge in [0.15, 0.2) is 5.96 Å². The lowest BCUT2D eigenvalue weighted by molar-refractivity contribution is 0.414. The highest BCUT2D eigenvalue weighted by molar-refractivity contribution is 6.31. The zero-order chi connectivity index (χ0) is 21.2. The molecular formula is C23H28ClN5O. The van der Waals surface area contributed by atoms with E-state index in [-0.39, 0.29) is 0 Å². The fraction of sp³-hybridized carbons (Fsp3) is 0.304. The SMILES string of the molecule is CN=C(NCCc1ccc(OC)cc1Cl)NCc1nccn1CCc1ccccc1. The van der Waals surface area contributed by atoms with Crippen molar-refractivity contribution in [2.45, 2.75) is 25.9 Å². The van der Waals surface area contributed by atoms with E-state index < -0.39 is 0 Å². The monoisotopic (exact) mass is 425 g/mol. The molecule has 7 heteroatoms. The molecule has 1 heterocycles. The lowest BCUT2D eigenvalue weighted by atomic mass is 10.1. The highest BCUT2D eigenvalue weighted by Crippen LogP contribution is 2.22. The fourth-order valence-electron chi connectivity index (χ4n) is 3.16. The summed E-state index contributed by atoms with van der Waals surface area (Å²) in [6.07, 6.45) is 5.61. The first-order chi connectivity index (χ1) is 14.7. The lowest BCUT2D eigenvalue weighted by Crippen LogP contribution is -2.38. The molecule has 0 bridgehead atoms. The number of rotatable bonds is 9. The van der Waals surface area contributed by atoms with Gasteiger partial charge in [-0.25, -0.2) is 4.98 Å². The van der Waals surface area contributed by atoms with Crippen LogP contribution < -0.4 is 15.4 Å². The Labute approximate surface area is 183 Å². The second kappa shape index (κ2) is 11.3. The minimum atomic E-state index is 0.602. The van der Waals surface area contributed by atoms with E-state index >= 15 is 0 Å². The largest absolute Gasteiger partial charge is 0.497 e. The van der Waals surface area contributed by atoms with Crippen molar-refractivity contribution in [3.63, 3.8) is 0 Å². The van der Waals surface area contributed by atoms with Gasteiger partial charge in [0, 0.05) is 37.6 Å². The third-order valence-corrected chi connectivity index (χ3v) is 5.22. The van der Waals surface area contributed by atoms with Crippen molar-refractivity contribution in [2.75, 3.05) is 20.7 Å². The van der Waals surface area contributed by atoms with Gasteiger partial charge in [-0.1, -0.05) is 48.0 Å². The van der Waals surface area contributed by atoms with Gasteiger partial charge >= 0.3 is 0 Å². The minimum absolute atomic E-state index is 0.602. The zero-order valence-electron chi connectivity index (χ0n) is 17.4. The first kappa shape index (κ1) is 21.7. The Morgan fingerprint density at radius 2 is 1.97 bits per heavy atom. The molecule has 0 atom stereocenters. The summed E-state index contributed by atoms with van der Waals surface area (Å²) in [5.74, 6) is 2.47. The van der Waals surface area contributed by atoms with E-state index in [4.69, 9.17) is 16.3 Å². The van der Waals surface area contributed by atoms with Crippen molar-refractivity contribution in [3.05, 3.63) is 82.9 Å². The van der Waals surface area contributed by atoms with E-state index in [9.17, 15) is 0 Å². The molecule has 6 nitrogen and oxygen atoms in total. The average Bonchev–Trinajstić information content (AvgIpc) is 3.23. The second-order valence-electron chi connectivity index (χ2n) is 6.83. The van der Waals surface area contributed by atoms with Gasteiger partial charge in [0.2, 0.25) is 0 Å². The van der Waals surface area contributed by atoms with Crippen LogP contribution in [0.1, 0.15) is 17.0 Å². The Morgan fingerprint density at radius 3 is 2.70 bits per heavy atom. The molecule has 0 radical (unpaired) electrons. The molecule has 0 fully saturated rings. The summed E-state index contributed by atoms with van der Waals surface area (Å²) in [6, 6.07) is 16.2. The number of methoxy groups -OCH3 is 1. The molecule has 0 amide bonds. The van der Waals surface area contributed by atoms with Gasteiger partial charge in [0.1, 0.15) is 11.6 Å². The molecule has 0 saturated heterocycles. The first-order valence-corrected chi connectivity index (χ1v) is 10.4.